The third kappa shape index (κ3) is 2.61. The van der Waals surface area contributed by atoms with Crippen LogP contribution in [0, 0.1) is 11.8 Å². The molecular weight excluding hydrogens is 246 g/mol. The average Bonchev–Trinajstić information content (AvgIpc) is 2.46. The van der Waals surface area contributed by atoms with Crippen molar-refractivity contribution in [1.29, 1.82) is 0 Å². The minimum Gasteiger partial charge on any atom is -0.368 e. The smallest absolute Gasteiger partial charge is 0.137 e. The molecule has 1 aliphatic carbocycles. The van der Waals surface area contributed by atoms with Gasteiger partial charge in [-0.25, -0.2) is 0 Å². The SMILES string of the molecule is CC1CCC(=O)C(CN2c3ccccc3CCC2C)C1. The van der Waals surface area contributed by atoms with Gasteiger partial charge in [0.2, 0.25) is 0 Å². The standard InChI is InChI=1S/C18H25NO/c1-13-7-10-18(20)16(11-13)12-19-14(2)8-9-15-5-3-4-6-17(15)19/h3-6,13-14,16H,7-12H2,1-2H3. The van der Waals surface area contributed by atoms with Crippen molar-refractivity contribution in [2.24, 2.45) is 11.8 Å². The number of aryl methyl sites for hydroxylation is 1. The Morgan fingerprint density at radius 2 is 1.95 bits per heavy atom. The largest absolute Gasteiger partial charge is 0.368 e. The maximum Gasteiger partial charge on any atom is 0.137 e. The van der Waals surface area contributed by atoms with Crippen molar-refractivity contribution in [3.63, 3.8) is 0 Å². The predicted octanol–water partition coefficient (Wildman–Crippen LogP) is 3.83. The van der Waals surface area contributed by atoms with E-state index >= 15 is 0 Å². The second-order valence-corrected chi connectivity index (χ2v) is 6.71. The Bertz CT molecular complexity index is 496. The molecule has 3 rings (SSSR count). The molecule has 1 heterocycles. The van der Waals surface area contributed by atoms with Crippen LogP contribution in [-0.4, -0.2) is 18.4 Å². The second-order valence-electron chi connectivity index (χ2n) is 6.71. The average molecular weight is 271 g/mol. The monoisotopic (exact) mass is 271 g/mol. The number of carbonyl (C=O) groups excluding carboxylic acids is 1. The number of Topliss-reactive ketones (excluding diaryl/α,β-unsaturated/α-hetero) is 1. The molecule has 1 aromatic carbocycles. The minimum atomic E-state index is 0.243. The van der Waals surface area contributed by atoms with Crippen LogP contribution in [0.1, 0.15) is 45.1 Å². The Morgan fingerprint density at radius 1 is 1.15 bits per heavy atom. The molecule has 2 heteroatoms. The number of rotatable bonds is 2. The zero-order valence-corrected chi connectivity index (χ0v) is 12.6. The van der Waals surface area contributed by atoms with Gasteiger partial charge in [0.25, 0.3) is 0 Å². The third-order valence-corrected chi connectivity index (χ3v) is 5.11. The molecule has 108 valence electrons. The van der Waals surface area contributed by atoms with E-state index in [1.54, 1.807) is 0 Å². The molecule has 1 saturated carbocycles. The number of benzene rings is 1. The van der Waals surface area contributed by atoms with Crippen LogP contribution < -0.4 is 4.90 Å². The second kappa shape index (κ2) is 5.59. The number of hydrogen-bond acceptors (Lipinski definition) is 2. The van der Waals surface area contributed by atoms with Crippen molar-refractivity contribution < 1.29 is 4.79 Å². The van der Waals surface area contributed by atoms with Crippen LogP contribution in [0.4, 0.5) is 5.69 Å². The van der Waals surface area contributed by atoms with Crippen LogP contribution >= 0.6 is 0 Å². The van der Waals surface area contributed by atoms with Crippen molar-refractivity contribution in [3.05, 3.63) is 29.8 Å². The predicted molar refractivity (Wildman–Crippen MR) is 83.1 cm³/mol. The van der Waals surface area contributed by atoms with E-state index in [-0.39, 0.29) is 5.92 Å². The molecule has 0 radical (unpaired) electrons. The van der Waals surface area contributed by atoms with Crippen molar-refractivity contribution in [2.75, 3.05) is 11.4 Å². The fourth-order valence-corrected chi connectivity index (χ4v) is 3.78. The molecule has 0 saturated heterocycles. The van der Waals surface area contributed by atoms with Gasteiger partial charge in [0, 0.05) is 30.6 Å². The summed E-state index contributed by atoms with van der Waals surface area (Å²) in [5.41, 5.74) is 2.80. The Hall–Kier alpha value is -1.31. The number of ketones is 1. The molecule has 2 nitrogen and oxygen atoms in total. The highest BCUT2D eigenvalue weighted by Crippen LogP contribution is 2.34. The van der Waals surface area contributed by atoms with E-state index in [0.717, 1.165) is 25.8 Å². The summed E-state index contributed by atoms with van der Waals surface area (Å²) in [5, 5.41) is 0. The van der Waals surface area contributed by atoms with Crippen LogP contribution in [-0.2, 0) is 11.2 Å². The van der Waals surface area contributed by atoms with Gasteiger partial charge in [0.1, 0.15) is 5.78 Å². The van der Waals surface area contributed by atoms with Gasteiger partial charge in [0.05, 0.1) is 0 Å². The zero-order valence-electron chi connectivity index (χ0n) is 12.6. The number of nitrogens with zero attached hydrogens (tertiary/aromatic N) is 1. The van der Waals surface area contributed by atoms with Gasteiger partial charge in [-0.3, -0.25) is 4.79 Å². The fourth-order valence-electron chi connectivity index (χ4n) is 3.78. The molecule has 0 aromatic heterocycles. The minimum absolute atomic E-state index is 0.243. The van der Waals surface area contributed by atoms with Crippen LogP contribution in [0.15, 0.2) is 24.3 Å². The quantitative estimate of drug-likeness (QED) is 0.814. The molecular formula is C18H25NO. The molecule has 0 N–H and O–H groups in total. The fraction of sp³-hybridized carbons (Fsp3) is 0.611. The van der Waals surface area contributed by atoms with E-state index in [2.05, 4.69) is 43.0 Å². The normalized spacial score (nSPS) is 30.2. The maximum atomic E-state index is 12.2. The molecule has 2 aliphatic rings. The van der Waals surface area contributed by atoms with Gasteiger partial charge in [-0.05, 0) is 50.2 Å². The highest BCUT2D eigenvalue weighted by Gasteiger charge is 2.31. The summed E-state index contributed by atoms with van der Waals surface area (Å²) in [5.74, 6) is 1.43. The summed E-state index contributed by atoms with van der Waals surface area (Å²) in [4.78, 5) is 14.7. The number of anilines is 1. The van der Waals surface area contributed by atoms with Gasteiger partial charge >= 0.3 is 0 Å². The molecule has 3 unspecified atom stereocenters. The molecule has 1 aliphatic heterocycles. The van der Waals surface area contributed by atoms with Crippen molar-refractivity contribution in [2.45, 2.75) is 52.0 Å². The number of para-hydroxylation sites is 1. The van der Waals surface area contributed by atoms with E-state index in [1.807, 2.05) is 0 Å². The highest BCUT2D eigenvalue weighted by atomic mass is 16.1. The highest BCUT2D eigenvalue weighted by molar-refractivity contribution is 5.82. The molecule has 3 atom stereocenters. The van der Waals surface area contributed by atoms with Crippen molar-refractivity contribution in [3.8, 4) is 0 Å². The lowest BCUT2D eigenvalue weighted by atomic mass is 9.80. The Balaban J connectivity index is 1.81. The van der Waals surface area contributed by atoms with Crippen LogP contribution in [0.2, 0.25) is 0 Å². The number of fused-ring (bicyclic) bond motifs is 1. The van der Waals surface area contributed by atoms with E-state index in [1.165, 1.54) is 24.1 Å². The topological polar surface area (TPSA) is 20.3 Å². The lowest BCUT2D eigenvalue weighted by molar-refractivity contribution is -0.125. The van der Waals surface area contributed by atoms with Crippen molar-refractivity contribution >= 4 is 11.5 Å². The molecule has 1 fully saturated rings. The van der Waals surface area contributed by atoms with Crippen LogP contribution in [0.3, 0.4) is 0 Å². The summed E-state index contributed by atoms with van der Waals surface area (Å²) >= 11 is 0. The maximum absolute atomic E-state index is 12.2. The molecule has 0 bridgehead atoms. The third-order valence-electron chi connectivity index (χ3n) is 5.11. The number of carbonyl (C=O) groups is 1. The number of hydrogen-bond donors (Lipinski definition) is 0. The zero-order chi connectivity index (χ0) is 14.1. The first-order chi connectivity index (χ1) is 9.65. The Morgan fingerprint density at radius 3 is 2.80 bits per heavy atom. The molecule has 0 amide bonds. The first kappa shape index (κ1) is 13.7. The van der Waals surface area contributed by atoms with Crippen molar-refractivity contribution in [1.82, 2.24) is 0 Å². The Kier molecular flexibility index (Phi) is 3.82. The van der Waals surface area contributed by atoms with Crippen LogP contribution in [0.5, 0.6) is 0 Å². The summed E-state index contributed by atoms with van der Waals surface area (Å²) in [6.45, 7) is 5.50. The van der Waals surface area contributed by atoms with E-state index in [0.29, 0.717) is 17.7 Å². The van der Waals surface area contributed by atoms with Crippen LogP contribution in [0.25, 0.3) is 0 Å². The lowest BCUT2D eigenvalue weighted by Crippen LogP contribution is -2.43. The van der Waals surface area contributed by atoms with Gasteiger partial charge in [-0.1, -0.05) is 25.1 Å². The van der Waals surface area contributed by atoms with E-state index < -0.39 is 0 Å². The van der Waals surface area contributed by atoms with Gasteiger partial charge in [-0.15, -0.1) is 0 Å². The van der Waals surface area contributed by atoms with Gasteiger partial charge in [0.15, 0.2) is 0 Å². The first-order valence-electron chi connectivity index (χ1n) is 8.02. The Labute approximate surface area is 122 Å². The van der Waals surface area contributed by atoms with E-state index in [9.17, 15) is 4.79 Å². The molecule has 20 heavy (non-hydrogen) atoms. The first-order valence-corrected chi connectivity index (χ1v) is 8.02. The molecule has 1 aromatic rings. The summed E-state index contributed by atoms with van der Waals surface area (Å²) in [6.07, 6.45) is 5.32. The molecule has 0 spiro atoms. The summed E-state index contributed by atoms with van der Waals surface area (Å²) in [7, 11) is 0. The summed E-state index contributed by atoms with van der Waals surface area (Å²) in [6, 6.07) is 9.26. The lowest BCUT2D eigenvalue weighted by Gasteiger charge is -2.40. The van der Waals surface area contributed by atoms with Gasteiger partial charge in [-0.2, -0.15) is 0 Å². The summed E-state index contributed by atoms with van der Waals surface area (Å²) < 4.78 is 0. The van der Waals surface area contributed by atoms with Gasteiger partial charge < -0.3 is 4.90 Å². The van der Waals surface area contributed by atoms with E-state index in [4.69, 9.17) is 0 Å².